The van der Waals surface area contributed by atoms with Crippen LogP contribution in [0, 0.1) is 0 Å². The average molecular weight is 359 g/mol. The minimum Gasteiger partial charge on any atom is -0.122 e. The molecule has 0 saturated heterocycles. The van der Waals surface area contributed by atoms with Crippen LogP contribution in [-0.2, 0) is 11.8 Å². The van der Waals surface area contributed by atoms with Gasteiger partial charge in [-0.05, 0) is 24.3 Å². The molecule has 0 rings (SSSR count). The first-order chi connectivity index (χ1) is 9.12. The van der Waals surface area contributed by atoms with Crippen molar-refractivity contribution in [1.82, 2.24) is 0 Å². The number of hydrogen-bond acceptors (Lipinski definition) is 3. The topological polar surface area (TPSA) is 0 Å². The molecular formula is C14H31PS4. The van der Waals surface area contributed by atoms with Gasteiger partial charge in [0.25, 0.3) is 0 Å². The van der Waals surface area contributed by atoms with E-state index in [0.717, 1.165) is 0 Å². The molecule has 0 aromatic heterocycles. The first kappa shape index (κ1) is 20.7. The third kappa shape index (κ3) is 15.9. The van der Waals surface area contributed by atoms with Gasteiger partial charge in [0, 0.05) is 0 Å². The summed E-state index contributed by atoms with van der Waals surface area (Å²) in [5.41, 5.74) is 0. The van der Waals surface area contributed by atoms with Crippen molar-refractivity contribution >= 4 is 50.5 Å². The van der Waals surface area contributed by atoms with E-state index in [1.807, 2.05) is 22.8 Å². The maximum absolute atomic E-state index is 5.65. The molecule has 0 fully saturated rings. The summed E-state index contributed by atoms with van der Waals surface area (Å²) >= 11 is 14.3. The van der Waals surface area contributed by atoms with E-state index in [2.05, 4.69) is 13.8 Å². The van der Waals surface area contributed by atoms with Crippen LogP contribution < -0.4 is 0 Å². The summed E-state index contributed by atoms with van der Waals surface area (Å²) in [6, 6.07) is 0. The lowest BCUT2D eigenvalue weighted by atomic mass is 10.2. The molecule has 0 saturated carbocycles. The zero-order valence-electron chi connectivity index (χ0n) is 12.6. The van der Waals surface area contributed by atoms with Gasteiger partial charge in [0.05, 0.1) is 0 Å². The highest BCUT2D eigenvalue weighted by molar-refractivity contribution is 9.20. The predicted octanol–water partition coefficient (Wildman–Crippen LogP) is 7.55. The van der Waals surface area contributed by atoms with Crippen molar-refractivity contribution in [3.05, 3.63) is 0 Å². The Bertz CT molecular complexity index is 213. The van der Waals surface area contributed by atoms with Crippen molar-refractivity contribution < 1.29 is 0 Å². The summed E-state index contributed by atoms with van der Waals surface area (Å²) in [7, 11) is 0. The molecule has 0 aliphatic rings. The molecule has 0 spiro atoms. The molecule has 0 heterocycles. The smallest absolute Gasteiger partial charge is 0.106 e. The quantitative estimate of drug-likeness (QED) is 0.193. The van der Waals surface area contributed by atoms with Gasteiger partial charge in [0.15, 0.2) is 0 Å². The van der Waals surface area contributed by atoms with Gasteiger partial charge in [0.1, 0.15) is 3.64 Å². The van der Waals surface area contributed by atoms with Crippen LogP contribution >= 0.6 is 38.7 Å². The maximum Gasteiger partial charge on any atom is 0.106 e. The predicted molar refractivity (Wildman–Crippen MR) is 106 cm³/mol. The summed E-state index contributed by atoms with van der Waals surface area (Å²) in [5, 5.41) is 0. The Labute approximate surface area is 139 Å². The van der Waals surface area contributed by atoms with E-state index < -0.39 is 3.64 Å². The molecular weight excluding hydrogens is 327 g/mol. The minimum absolute atomic E-state index is 1.22. The van der Waals surface area contributed by atoms with E-state index in [4.69, 9.17) is 24.1 Å². The van der Waals surface area contributed by atoms with Gasteiger partial charge in [-0.25, -0.2) is 0 Å². The fourth-order valence-electron chi connectivity index (χ4n) is 1.81. The van der Waals surface area contributed by atoms with Gasteiger partial charge < -0.3 is 0 Å². The summed E-state index contributed by atoms with van der Waals surface area (Å²) in [6.45, 7) is 4.53. The molecule has 19 heavy (non-hydrogen) atoms. The van der Waals surface area contributed by atoms with E-state index in [1.165, 1.54) is 75.7 Å². The Morgan fingerprint density at radius 2 is 1.11 bits per heavy atom. The van der Waals surface area contributed by atoms with E-state index in [0.29, 0.717) is 0 Å². The maximum atomic E-state index is 5.65. The molecule has 0 N–H and O–H groups in total. The Balaban J connectivity index is 3.39. The molecule has 0 bridgehead atoms. The highest BCUT2D eigenvalue weighted by atomic mass is 33.5. The first-order valence-corrected chi connectivity index (χ1v) is 14.9. The summed E-state index contributed by atoms with van der Waals surface area (Å²) in [6.07, 6.45) is 13.6. The molecule has 0 aromatic rings. The number of thiol groups is 1. The molecule has 0 radical (unpaired) electrons. The Kier molecular flexibility index (Phi) is 15.9. The molecule has 0 aromatic carbocycles. The van der Waals surface area contributed by atoms with Gasteiger partial charge in [0.2, 0.25) is 0 Å². The molecule has 0 aliphatic heterocycles. The van der Waals surface area contributed by atoms with Gasteiger partial charge in [-0.1, -0.05) is 77.0 Å². The summed E-state index contributed by atoms with van der Waals surface area (Å²) in [4.78, 5) is 0. The number of rotatable bonds is 14. The lowest BCUT2D eigenvalue weighted by Gasteiger charge is -2.14. The second-order valence-electron chi connectivity index (χ2n) is 4.96. The highest BCUT2D eigenvalue weighted by Crippen LogP contribution is 2.73. The Morgan fingerprint density at radius 3 is 1.47 bits per heavy atom. The number of hydrogen-bond donors (Lipinski definition) is 1. The normalized spacial score (nSPS) is 11.9. The lowest BCUT2D eigenvalue weighted by molar-refractivity contribution is 0.659. The van der Waals surface area contributed by atoms with Crippen molar-refractivity contribution in [2.75, 3.05) is 11.5 Å². The SMILES string of the molecule is CCCCCCCSP(=S)(S)SCCCCCCC. The lowest BCUT2D eigenvalue weighted by Crippen LogP contribution is -1.82. The molecule has 0 unspecified atom stereocenters. The standard InChI is InChI=1S/C14H31PS4/c1-3-5-7-9-11-13-18-15(16,17)19-14-12-10-8-6-4-2/h3-14H2,1-2H3,(H,16,17). The molecule has 0 atom stereocenters. The van der Waals surface area contributed by atoms with E-state index in [1.54, 1.807) is 0 Å². The van der Waals surface area contributed by atoms with Crippen LogP contribution in [0.5, 0.6) is 0 Å². The zero-order chi connectivity index (χ0) is 14.4. The fraction of sp³-hybridized carbons (Fsp3) is 1.00. The first-order valence-electron chi connectivity index (χ1n) is 7.74. The van der Waals surface area contributed by atoms with Gasteiger partial charge in [-0.3, -0.25) is 0 Å². The fourth-order valence-corrected chi connectivity index (χ4v) is 10.2. The highest BCUT2D eigenvalue weighted by Gasteiger charge is 2.11. The second kappa shape index (κ2) is 14.6. The van der Waals surface area contributed by atoms with Crippen LogP contribution in [0.2, 0.25) is 0 Å². The van der Waals surface area contributed by atoms with Crippen molar-refractivity contribution in [2.24, 2.45) is 0 Å². The van der Waals surface area contributed by atoms with E-state index in [-0.39, 0.29) is 0 Å². The molecule has 0 nitrogen and oxygen atoms in total. The van der Waals surface area contributed by atoms with Gasteiger partial charge in [-0.2, -0.15) is 0 Å². The summed E-state index contributed by atoms with van der Waals surface area (Å²) < 4.78 is -1.44. The molecule has 116 valence electrons. The average Bonchev–Trinajstić information content (AvgIpc) is 2.38. The van der Waals surface area contributed by atoms with Crippen LogP contribution in [-0.4, -0.2) is 11.5 Å². The van der Waals surface area contributed by atoms with Gasteiger partial charge in [-0.15, -0.1) is 35.0 Å². The van der Waals surface area contributed by atoms with E-state index >= 15 is 0 Å². The van der Waals surface area contributed by atoms with E-state index in [9.17, 15) is 0 Å². The number of unbranched alkanes of at least 4 members (excludes halogenated alkanes) is 8. The van der Waals surface area contributed by atoms with Crippen LogP contribution in [0.3, 0.4) is 0 Å². The van der Waals surface area contributed by atoms with Crippen LogP contribution in [0.25, 0.3) is 0 Å². The summed E-state index contributed by atoms with van der Waals surface area (Å²) in [5.74, 6) is 2.43. The third-order valence-electron chi connectivity index (χ3n) is 3.00. The monoisotopic (exact) mass is 358 g/mol. The van der Waals surface area contributed by atoms with Crippen molar-refractivity contribution in [3.63, 3.8) is 0 Å². The third-order valence-corrected chi connectivity index (χ3v) is 13.5. The van der Waals surface area contributed by atoms with Gasteiger partial charge >= 0.3 is 0 Å². The zero-order valence-corrected chi connectivity index (χ0v) is 16.8. The molecule has 0 amide bonds. The van der Waals surface area contributed by atoms with Crippen molar-refractivity contribution in [1.29, 1.82) is 0 Å². The van der Waals surface area contributed by atoms with Crippen molar-refractivity contribution in [2.45, 2.75) is 78.1 Å². The molecule has 0 aliphatic carbocycles. The Hall–Kier alpha value is 1.70. The van der Waals surface area contributed by atoms with Crippen LogP contribution in [0.15, 0.2) is 0 Å². The molecule has 5 heteroatoms. The largest absolute Gasteiger partial charge is 0.122 e. The minimum atomic E-state index is -1.44. The van der Waals surface area contributed by atoms with Crippen LogP contribution in [0.4, 0.5) is 0 Å². The van der Waals surface area contributed by atoms with Crippen LogP contribution in [0.1, 0.15) is 78.1 Å². The Morgan fingerprint density at radius 1 is 0.737 bits per heavy atom. The van der Waals surface area contributed by atoms with Crippen molar-refractivity contribution in [3.8, 4) is 0 Å². The second-order valence-corrected chi connectivity index (χ2v) is 20.0.